The van der Waals surface area contributed by atoms with Gasteiger partial charge in [0.05, 0.1) is 0 Å². The molecule has 1 rings (SSSR count). The molecule has 5 nitrogen and oxygen atoms in total. The lowest BCUT2D eigenvalue weighted by atomic mass is 10.1. The van der Waals surface area contributed by atoms with Crippen LogP contribution in [0.4, 0.5) is 0 Å². The van der Waals surface area contributed by atoms with E-state index in [0.717, 1.165) is 4.57 Å². The molecular weight excluding hydrogens is 208 g/mol. The fourth-order valence-electron chi connectivity index (χ4n) is 1.31. The van der Waals surface area contributed by atoms with E-state index in [-0.39, 0.29) is 11.1 Å². The highest BCUT2D eigenvalue weighted by Gasteiger charge is 2.26. The van der Waals surface area contributed by atoms with Crippen molar-refractivity contribution in [1.29, 1.82) is 0 Å². The van der Waals surface area contributed by atoms with Crippen LogP contribution in [-0.2, 0) is 4.79 Å². The molecule has 78 valence electrons. The Balaban J connectivity index is 3.24. The molecule has 0 radical (unpaired) electrons. The number of aromatic nitrogens is 2. The van der Waals surface area contributed by atoms with Crippen LogP contribution in [0.1, 0.15) is 19.9 Å². The number of carbonyl (C=O) groups is 1. The lowest BCUT2D eigenvalue weighted by Crippen LogP contribution is -2.31. The third kappa shape index (κ3) is 1.82. The van der Waals surface area contributed by atoms with E-state index in [1.807, 2.05) is 0 Å². The molecule has 1 atom stereocenters. The van der Waals surface area contributed by atoms with E-state index in [9.17, 15) is 9.59 Å². The summed E-state index contributed by atoms with van der Waals surface area (Å²) < 4.78 is 1.04. The Kier molecular flexibility index (Phi) is 3.00. The molecule has 1 unspecified atom stereocenters. The van der Waals surface area contributed by atoms with Crippen LogP contribution in [0.3, 0.4) is 0 Å². The van der Waals surface area contributed by atoms with Gasteiger partial charge in [-0.25, -0.2) is 9.59 Å². The zero-order valence-corrected chi connectivity index (χ0v) is 8.58. The predicted octanol–water partition coefficient (Wildman–Crippen LogP) is 1.11. The molecule has 0 bridgehead atoms. The summed E-state index contributed by atoms with van der Waals surface area (Å²) in [5.41, 5.74) is -0.504. The van der Waals surface area contributed by atoms with E-state index in [0.29, 0.717) is 0 Å². The van der Waals surface area contributed by atoms with Gasteiger partial charge in [0, 0.05) is 6.20 Å². The van der Waals surface area contributed by atoms with Gasteiger partial charge in [-0.1, -0.05) is 25.4 Å². The smallest absolute Gasteiger partial charge is 0.327 e. The average molecular weight is 219 g/mol. The number of carboxylic acid groups (broad SMARTS) is 1. The summed E-state index contributed by atoms with van der Waals surface area (Å²) in [6.07, 6.45) is 1.28. The number of halogens is 1. The molecule has 0 saturated carbocycles. The fraction of sp³-hybridized carbons (Fsp3) is 0.500. The van der Waals surface area contributed by atoms with Crippen molar-refractivity contribution in [2.24, 2.45) is 5.92 Å². The van der Waals surface area contributed by atoms with E-state index in [4.69, 9.17) is 16.7 Å². The molecule has 6 heteroatoms. The summed E-state index contributed by atoms with van der Waals surface area (Å²) in [5, 5.41) is 9.04. The maximum Gasteiger partial charge on any atom is 0.327 e. The van der Waals surface area contributed by atoms with Crippen molar-refractivity contribution in [3.05, 3.63) is 21.8 Å². The Morgan fingerprint density at radius 2 is 2.21 bits per heavy atom. The molecule has 0 spiro atoms. The predicted molar refractivity (Wildman–Crippen MR) is 51.6 cm³/mol. The number of imidazole rings is 1. The number of nitrogens with one attached hydrogen (secondary N) is 1. The molecular formula is C8H11ClN2O3. The van der Waals surface area contributed by atoms with Crippen LogP contribution >= 0.6 is 11.6 Å². The second-order valence-electron chi connectivity index (χ2n) is 3.31. The monoisotopic (exact) mass is 218 g/mol. The highest BCUT2D eigenvalue weighted by molar-refractivity contribution is 6.29. The highest BCUT2D eigenvalue weighted by atomic mass is 35.5. The van der Waals surface area contributed by atoms with Gasteiger partial charge in [-0.3, -0.25) is 4.57 Å². The molecule has 0 saturated heterocycles. The van der Waals surface area contributed by atoms with E-state index >= 15 is 0 Å². The first-order valence-corrected chi connectivity index (χ1v) is 4.51. The number of nitrogens with zero attached hydrogens (tertiary/aromatic N) is 1. The summed E-state index contributed by atoms with van der Waals surface area (Å²) in [5.74, 6) is -1.28. The molecule has 1 aromatic heterocycles. The molecule has 0 aliphatic heterocycles. The van der Waals surface area contributed by atoms with Crippen LogP contribution in [0.15, 0.2) is 11.0 Å². The Hall–Kier alpha value is -1.23. The van der Waals surface area contributed by atoms with Crippen molar-refractivity contribution in [3.8, 4) is 0 Å². The van der Waals surface area contributed by atoms with Crippen molar-refractivity contribution in [2.45, 2.75) is 19.9 Å². The molecule has 0 aromatic carbocycles. The standard InChI is InChI=1S/C8H11ClN2O3/c1-4(2)6(7(12)13)11-5(9)3-10-8(11)14/h3-4,6H,1-2H3,(H,10,14)(H,12,13). The van der Waals surface area contributed by atoms with Crippen molar-refractivity contribution < 1.29 is 9.90 Å². The van der Waals surface area contributed by atoms with Crippen molar-refractivity contribution in [2.75, 3.05) is 0 Å². The lowest BCUT2D eigenvalue weighted by Gasteiger charge is -2.17. The van der Waals surface area contributed by atoms with Crippen LogP contribution in [0.5, 0.6) is 0 Å². The normalized spacial score (nSPS) is 13.1. The quantitative estimate of drug-likeness (QED) is 0.798. The molecule has 0 fully saturated rings. The Labute approximate surface area is 85.3 Å². The average Bonchev–Trinajstić information content (AvgIpc) is 2.34. The van der Waals surface area contributed by atoms with Crippen LogP contribution in [-0.4, -0.2) is 20.6 Å². The van der Waals surface area contributed by atoms with Crippen molar-refractivity contribution in [1.82, 2.24) is 9.55 Å². The molecule has 0 amide bonds. The van der Waals surface area contributed by atoms with Crippen molar-refractivity contribution >= 4 is 17.6 Å². The number of hydrogen-bond donors (Lipinski definition) is 2. The molecule has 0 aliphatic carbocycles. The zero-order chi connectivity index (χ0) is 10.9. The van der Waals surface area contributed by atoms with E-state index < -0.39 is 17.7 Å². The second-order valence-corrected chi connectivity index (χ2v) is 3.70. The van der Waals surface area contributed by atoms with Crippen molar-refractivity contribution in [3.63, 3.8) is 0 Å². The summed E-state index contributed by atoms with van der Waals surface area (Å²) >= 11 is 5.70. The fourth-order valence-corrected chi connectivity index (χ4v) is 1.55. The lowest BCUT2D eigenvalue weighted by molar-refractivity contribution is -0.142. The number of aromatic amines is 1. The third-order valence-electron chi connectivity index (χ3n) is 1.93. The Bertz CT molecular complexity index is 394. The van der Waals surface area contributed by atoms with Gasteiger partial charge in [0.1, 0.15) is 11.2 Å². The van der Waals surface area contributed by atoms with E-state index in [2.05, 4.69) is 4.98 Å². The first kappa shape index (κ1) is 10.8. The minimum Gasteiger partial charge on any atom is -0.480 e. The number of hydrogen-bond acceptors (Lipinski definition) is 2. The molecule has 14 heavy (non-hydrogen) atoms. The summed E-state index contributed by atoms with van der Waals surface area (Å²) in [4.78, 5) is 24.5. The maximum absolute atomic E-state index is 11.2. The molecule has 1 aromatic rings. The molecule has 1 heterocycles. The minimum atomic E-state index is -1.07. The highest BCUT2D eigenvalue weighted by Crippen LogP contribution is 2.20. The van der Waals surface area contributed by atoms with Gasteiger partial charge in [0.25, 0.3) is 0 Å². The summed E-state index contributed by atoms with van der Waals surface area (Å²) in [7, 11) is 0. The SMILES string of the molecule is CC(C)C(C(=O)O)n1c(Cl)c[nH]c1=O. The second kappa shape index (κ2) is 3.88. The number of rotatable bonds is 3. The van der Waals surface area contributed by atoms with Crippen LogP contribution in [0.25, 0.3) is 0 Å². The van der Waals surface area contributed by atoms with Gasteiger partial charge >= 0.3 is 11.7 Å². The maximum atomic E-state index is 11.2. The Morgan fingerprint density at radius 3 is 2.50 bits per heavy atom. The van der Waals surface area contributed by atoms with Gasteiger partial charge in [-0.2, -0.15) is 0 Å². The van der Waals surface area contributed by atoms with Gasteiger partial charge in [-0.05, 0) is 5.92 Å². The molecule has 0 aliphatic rings. The van der Waals surface area contributed by atoms with Crippen LogP contribution in [0.2, 0.25) is 5.15 Å². The summed E-state index contributed by atoms with van der Waals surface area (Å²) in [6, 6.07) is -0.929. The largest absolute Gasteiger partial charge is 0.480 e. The van der Waals surface area contributed by atoms with Gasteiger partial charge in [-0.15, -0.1) is 0 Å². The van der Waals surface area contributed by atoms with Gasteiger partial charge < -0.3 is 10.1 Å². The number of carboxylic acids is 1. The number of H-pyrrole nitrogens is 1. The minimum absolute atomic E-state index is 0.108. The van der Waals surface area contributed by atoms with Crippen LogP contribution in [0, 0.1) is 5.92 Å². The first-order chi connectivity index (χ1) is 6.45. The zero-order valence-electron chi connectivity index (χ0n) is 7.82. The first-order valence-electron chi connectivity index (χ1n) is 4.13. The van der Waals surface area contributed by atoms with Gasteiger partial charge in [0.2, 0.25) is 0 Å². The van der Waals surface area contributed by atoms with Crippen LogP contribution < -0.4 is 5.69 Å². The summed E-state index contributed by atoms with van der Waals surface area (Å²) in [6.45, 7) is 3.43. The Morgan fingerprint density at radius 1 is 1.64 bits per heavy atom. The van der Waals surface area contributed by atoms with E-state index in [1.165, 1.54) is 6.20 Å². The van der Waals surface area contributed by atoms with E-state index in [1.54, 1.807) is 13.8 Å². The molecule has 2 N–H and O–H groups in total. The van der Waals surface area contributed by atoms with Gasteiger partial charge in [0.15, 0.2) is 0 Å². The number of aliphatic carboxylic acids is 1. The topological polar surface area (TPSA) is 75.1 Å². The third-order valence-corrected chi connectivity index (χ3v) is 2.22.